The first-order valence-corrected chi connectivity index (χ1v) is 9.87. The summed E-state index contributed by atoms with van der Waals surface area (Å²) >= 11 is 0. The van der Waals surface area contributed by atoms with Crippen LogP contribution in [0.1, 0.15) is 38.2 Å². The van der Waals surface area contributed by atoms with E-state index < -0.39 is 10.8 Å². The molecule has 142 valence electrons. The monoisotopic (exact) mass is 480 g/mol. The summed E-state index contributed by atoms with van der Waals surface area (Å²) in [5.74, 6) is 2.13. The van der Waals surface area contributed by atoms with E-state index >= 15 is 0 Å². The number of nitrogens with zero attached hydrogens (tertiary/aromatic N) is 2. The molecule has 25 heavy (non-hydrogen) atoms. The number of guanidine groups is 1. The average molecular weight is 480 g/mol. The van der Waals surface area contributed by atoms with E-state index in [1.807, 2.05) is 19.1 Å². The van der Waals surface area contributed by atoms with Gasteiger partial charge < -0.3 is 15.4 Å². The maximum absolute atomic E-state index is 12.1. The highest BCUT2D eigenvalue weighted by atomic mass is 127. The minimum atomic E-state index is -0.708. The second-order valence-electron chi connectivity index (χ2n) is 5.93. The molecule has 1 saturated carbocycles. The number of hydrogen-bond acceptors (Lipinski definition) is 4. The molecule has 8 heteroatoms. The lowest BCUT2D eigenvalue weighted by molar-refractivity contribution is 0.397. The highest BCUT2D eigenvalue weighted by Gasteiger charge is 2.25. The van der Waals surface area contributed by atoms with Gasteiger partial charge in [0.1, 0.15) is 0 Å². The van der Waals surface area contributed by atoms with Gasteiger partial charge in [0.15, 0.2) is 5.96 Å². The van der Waals surface area contributed by atoms with Gasteiger partial charge in [0.25, 0.3) is 0 Å². The normalized spacial score (nSPS) is 21.8. The molecule has 6 nitrogen and oxygen atoms in total. The predicted octanol–water partition coefficient (Wildman–Crippen LogP) is 2.45. The van der Waals surface area contributed by atoms with Gasteiger partial charge in [0.05, 0.1) is 7.11 Å². The fourth-order valence-corrected chi connectivity index (χ4v) is 4.31. The summed E-state index contributed by atoms with van der Waals surface area (Å²) < 4.78 is 17.1. The number of halogens is 1. The van der Waals surface area contributed by atoms with Crippen LogP contribution in [0.15, 0.2) is 23.3 Å². The summed E-state index contributed by atoms with van der Waals surface area (Å²) in [6.45, 7) is 2.64. The van der Waals surface area contributed by atoms with E-state index in [0.29, 0.717) is 23.7 Å². The number of methoxy groups -OCH3 is 1. The number of hydrogen-bond donors (Lipinski definition) is 2. The molecule has 0 bridgehead atoms. The van der Waals surface area contributed by atoms with Gasteiger partial charge in [-0.2, -0.15) is 0 Å². The Kier molecular flexibility index (Phi) is 10.3. The largest absolute Gasteiger partial charge is 0.481 e. The molecule has 0 aromatic carbocycles. The summed E-state index contributed by atoms with van der Waals surface area (Å²) in [7, 11) is 2.67. The second kappa shape index (κ2) is 11.7. The number of aliphatic imine (C=N–C) groups is 1. The molecule has 1 aromatic heterocycles. The summed E-state index contributed by atoms with van der Waals surface area (Å²) in [5, 5.41) is 7.09. The van der Waals surface area contributed by atoms with Crippen LogP contribution >= 0.6 is 24.0 Å². The Hall–Kier alpha value is -0.900. The molecule has 0 amide bonds. The predicted molar refractivity (Wildman–Crippen MR) is 114 cm³/mol. The van der Waals surface area contributed by atoms with Crippen LogP contribution in [0.4, 0.5) is 0 Å². The van der Waals surface area contributed by atoms with Crippen LogP contribution in [0.3, 0.4) is 0 Å². The third-order valence-corrected chi connectivity index (χ3v) is 6.05. The number of rotatable bonds is 6. The molecule has 1 aliphatic rings. The van der Waals surface area contributed by atoms with Gasteiger partial charge in [-0.3, -0.25) is 9.20 Å². The smallest absolute Gasteiger partial charge is 0.212 e. The first kappa shape index (κ1) is 22.1. The van der Waals surface area contributed by atoms with Crippen molar-refractivity contribution in [3.05, 3.63) is 23.9 Å². The van der Waals surface area contributed by atoms with Crippen LogP contribution in [-0.2, 0) is 17.3 Å². The Balaban J connectivity index is 0.00000312. The van der Waals surface area contributed by atoms with Crippen molar-refractivity contribution in [2.75, 3.05) is 19.9 Å². The zero-order chi connectivity index (χ0) is 17.4. The van der Waals surface area contributed by atoms with E-state index in [4.69, 9.17) is 4.74 Å². The molecule has 0 aliphatic heterocycles. The summed E-state index contributed by atoms with van der Waals surface area (Å²) in [6, 6.07) is 4.16. The average Bonchev–Trinajstić information content (AvgIpc) is 2.65. The fourth-order valence-electron chi connectivity index (χ4n) is 2.96. The Labute approximate surface area is 170 Å². The second-order valence-corrected chi connectivity index (χ2v) is 7.94. The van der Waals surface area contributed by atoms with Crippen LogP contribution in [0, 0.1) is 0 Å². The van der Waals surface area contributed by atoms with Crippen LogP contribution in [-0.4, -0.2) is 46.4 Å². The Morgan fingerprint density at radius 2 is 2.24 bits per heavy atom. The third-order valence-electron chi connectivity index (χ3n) is 4.31. The molecule has 3 atom stereocenters. The lowest BCUT2D eigenvalue weighted by Crippen LogP contribution is -2.46. The van der Waals surface area contributed by atoms with Gasteiger partial charge in [-0.05, 0) is 24.8 Å². The molecule has 0 spiro atoms. The zero-order valence-corrected chi connectivity index (χ0v) is 18.3. The van der Waals surface area contributed by atoms with Crippen LogP contribution < -0.4 is 15.4 Å². The maximum Gasteiger partial charge on any atom is 0.212 e. The van der Waals surface area contributed by atoms with E-state index in [0.717, 1.165) is 43.0 Å². The summed E-state index contributed by atoms with van der Waals surface area (Å²) in [4.78, 5) is 8.49. The van der Waals surface area contributed by atoms with Crippen LogP contribution in [0.25, 0.3) is 0 Å². The van der Waals surface area contributed by atoms with E-state index in [1.54, 1.807) is 20.4 Å². The van der Waals surface area contributed by atoms with Crippen molar-refractivity contribution in [2.24, 2.45) is 4.99 Å². The molecule has 0 saturated heterocycles. The highest BCUT2D eigenvalue weighted by Crippen LogP contribution is 2.23. The molecule has 2 rings (SSSR count). The number of nitrogens with one attached hydrogen (secondary N) is 2. The van der Waals surface area contributed by atoms with Gasteiger partial charge in [-0.15, -0.1) is 24.0 Å². The molecular formula is C17H29IN4O2S. The fraction of sp³-hybridized carbons (Fsp3) is 0.647. The highest BCUT2D eigenvalue weighted by molar-refractivity contribution is 14.0. The van der Waals surface area contributed by atoms with Gasteiger partial charge in [0, 0.05) is 53.7 Å². The van der Waals surface area contributed by atoms with Crippen molar-refractivity contribution in [3.8, 4) is 5.88 Å². The number of aromatic nitrogens is 1. The van der Waals surface area contributed by atoms with E-state index in [9.17, 15) is 4.21 Å². The quantitative estimate of drug-likeness (QED) is 0.372. The minimum absolute atomic E-state index is 0. The van der Waals surface area contributed by atoms with Gasteiger partial charge in [-0.1, -0.05) is 19.4 Å². The van der Waals surface area contributed by atoms with Crippen molar-refractivity contribution >= 4 is 40.7 Å². The molecule has 1 aromatic rings. The van der Waals surface area contributed by atoms with Crippen molar-refractivity contribution < 1.29 is 8.95 Å². The standard InChI is InChI=1S/C17H28N4O2S.HI/c1-4-24(22)15-7-5-6-14(10-15)21-17(18-2)20-12-13-8-9-16(23-3)19-11-13;/h8-9,11,14-15H,4-7,10,12H2,1-3H3,(H2,18,20,21);1H. The van der Waals surface area contributed by atoms with E-state index in [-0.39, 0.29) is 24.0 Å². The third kappa shape index (κ3) is 7.08. The Bertz CT molecular complexity index is 568. The molecule has 1 fully saturated rings. The zero-order valence-electron chi connectivity index (χ0n) is 15.2. The lowest BCUT2D eigenvalue weighted by atomic mass is 9.95. The molecule has 0 radical (unpaired) electrons. The number of ether oxygens (including phenoxy) is 1. The minimum Gasteiger partial charge on any atom is -0.481 e. The van der Waals surface area contributed by atoms with Gasteiger partial charge in [-0.25, -0.2) is 4.98 Å². The van der Waals surface area contributed by atoms with Crippen molar-refractivity contribution in [3.63, 3.8) is 0 Å². The number of pyridine rings is 1. The van der Waals surface area contributed by atoms with Crippen LogP contribution in [0.5, 0.6) is 5.88 Å². The van der Waals surface area contributed by atoms with Crippen molar-refractivity contribution in [2.45, 2.75) is 50.4 Å². The van der Waals surface area contributed by atoms with Crippen molar-refractivity contribution in [1.82, 2.24) is 15.6 Å². The summed E-state index contributed by atoms with van der Waals surface area (Å²) in [6.07, 6.45) is 6.03. The first-order valence-electron chi connectivity index (χ1n) is 8.49. The van der Waals surface area contributed by atoms with Gasteiger partial charge >= 0.3 is 0 Å². The van der Waals surface area contributed by atoms with Gasteiger partial charge in [0.2, 0.25) is 5.88 Å². The molecule has 1 aliphatic carbocycles. The molecular weight excluding hydrogens is 451 g/mol. The molecule has 2 N–H and O–H groups in total. The van der Waals surface area contributed by atoms with E-state index in [2.05, 4.69) is 20.6 Å². The van der Waals surface area contributed by atoms with Crippen molar-refractivity contribution in [1.29, 1.82) is 0 Å². The SMILES string of the molecule is CCS(=O)C1CCCC(NC(=NC)NCc2ccc(OC)nc2)C1.I. The lowest BCUT2D eigenvalue weighted by Gasteiger charge is -2.30. The van der Waals surface area contributed by atoms with E-state index in [1.165, 1.54) is 0 Å². The summed E-state index contributed by atoms with van der Waals surface area (Å²) in [5.41, 5.74) is 1.06. The molecule has 3 unspecified atom stereocenters. The molecule has 1 heterocycles. The Morgan fingerprint density at radius 3 is 2.84 bits per heavy atom. The first-order chi connectivity index (χ1) is 11.7. The maximum atomic E-state index is 12.1. The van der Waals surface area contributed by atoms with Crippen LogP contribution in [0.2, 0.25) is 0 Å². The Morgan fingerprint density at radius 1 is 1.44 bits per heavy atom. The topological polar surface area (TPSA) is 75.6 Å².